The zero-order valence-corrected chi connectivity index (χ0v) is 22.1. The van der Waals surface area contributed by atoms with Gasteiger partial charge >= 0.3 is 6.09 Å². The number of nitrogens with zero attached hydrogens (tertiary/aromatic N) is 4. The van der Waals surface area contributed by atoms with Crippen molar-refractivity contribution in [3.63, 3.8) is 0 Å². The molecule has 0 unspecified atom stereocenters. The van der Waals surface area contributed by atoms with Crippen molar-refractivity contribution in [3.05, 3.63) is 63.0 Å². The lowest BCUT2D eigenvalue weighted by Crippen LogP contribution is -2.41. The number of rotatable bonds is 3. The van der Waals surface area contributed by atoms with Gasteiger partial charge in [0, 0.05) is 36.0 Å². The molecule has 3 aromatic heterocycles. The molecule has 0 atom stereocenters. The molecule has 1 amide bonds. The van der Waals surface area contributed by atoms with Crippen molar-refractivity contribution in [3.8, 4) is 21.8 Å². The molecule has 1 aliphatic rings. The van der Waals surface area contributed by atoms with E-state index < -0.39 is 5.60 Å². The summed E-state index contributed by atoms with van der Waals surface area (Å²) in [6, 6.07) is 7.97. The quantitative estimate of drug-likeness (QED) is 0.394. The minimum absolute atomic E-state index is 0.114. The van der Waals surface area contributed by atoms with Gasteiger partial charge in [-0.1, -0.05) is 23.8 Å². The molecule has 0 aliphatic carbocycles. The zero-order valence-electron chi connectivity index (χ0n) is 21.3. The fourth-order valence-electron chi connectivity index (χ4n) is 4.77. The van der Waals surface area contributed by atoms with E-state index in [1.165, 1.54) is 11.1 Å². The number of benzene rings is 1. The zero-order chi connectivity index (χ0) is 25.6. The van der Waals surface area contributed by atoms with Crippen LogP contribution in [-0.4, -0.2) is 49.3 Å². The summed E-state index contributed by atoms with van der Waals surface area (Å²) >= 11 is 1.54. The highest BCUT2D eigenvalue weighted by Crippen LogP contribution is 2.34. The maximum Gasteiger partial charge on any atom is 0.410 e. The van der Waals surface area contributed by atoms with Crippen LogP contribution in [0.15, 0.2) is 40.6 Å². The van der Waals surface area contributed by atoms with Crippen molar-refractivity contribution in [2.24, 2.45) is 0 Å². The van der Waals surface area contributed by atoms with Crippen molar-refractivity contribution in [2.45, 2.75) is 59.0 Å². The number of likely N-dealkylation sites (tertiary alicyclic amines) is 1. The monoisotopic (exact) mass is 505 g/mol. The Morgan fingerprint density at radius 1 is 1.14 bits per heavy atom. The van der Waals surface area contributed by atoms with Gasteiger partial charge in [-0.3, -0.25) is 4.79 Å². The average Bonchev–Trinajstić information content (AvgIpc) is 3.44. The third-order valence-electron chi connectivity index (χ3n) is 6.49. The van der Waals surface area contributed by atoms with Crippen LogP contribution in [0.4, 0.5) is 4.79 Å². The summed E-state index contributed by atoms with van der Waals surface area (Å²) in [7, 11) is 0. The number of amides is 1. The molecule has 4 heterocycles. The number of thiazole rings is 1. The highest BCUT2D eigenvalue weighted by Gasteiger charge is 2.29. The summed E-state index contributed by atoms with van der Waals surface area (Å²) in [5.41, 5.74) is 6.04. The number of hydrogen-bond donors (Lipinski definition) is 1. The first-order valence-corrected chi connectivity index (χ1v) is 13.1. The smallest absolute Gasteiger partial charge is 0.410 e. The van der Waals surface area contributed by atoms with Gasteiger partial charge in [0.2, 0.25) is 0 Å². The molecule has 1 aromatic carbocycles. The Bertz CT molecular complexity index is 1490. The van der Waals surface area contributed by atoms with Crippen molar-refractivity contribution in [2.75, 3.05) is 13.1 Å². The second-order valence-corrected chi connectivity index (χ2v) is 11.3. The van der Waals surface area contributed by atoms with Crippen LogP contribution >= 0.6 is 11.3 Å². The molecular formula is C27H31N5O3S. The summed E-state index contributed by atoms with van der Waals surface area (Å²) in [4.78, 5) is 34.7. The SMILES string of the molecule is Cc1ccc(-c2csc(-c3cnn4c(C5CCN(C(=O)OC(C)(C)C)CC5)cc(=O)[nH]c34)n2)c(C)c1. The number of piperidine rings is 1. The first-order valence-electron chi connectivity index (χ1n) is 12.2. The van der Waals surface area contributed by atoms with Crippen LogP contribution in [0, 0.1) is 13.8 Å². The molecule has 9 heteroatoms. The largest absolute Gasteiger partial charge is 0.444 e. The summed E-state index contributed by atoms with van der Waals surface area (Å²) < 4.78 is 7.34. The normalized spacial score (nSPS) is 15.0. The number of hydrogen-bond acceptors (Lipinski definition) is 6. The van der Waals surface area contributed by atoms with Crippen LogP contribution in [0.5, 0.6) is 0 Å². The van der Waals surface area contributed by atoms with Crippen LogP contribution in [0.2, 0.25) is 0 Å². The highest BCUT2D eigenvalue weighted by molar-refractivity contribution is 7.13. The Morgan fingerprint density at radius 2 is 1.89 bits per heavy atom. The lowest BCUT2D eigenvalue weighted by molar-refractivity contribution is 0.0203. The third-order valence-corrected chi connectivity index (χ3v) is 7.37. The van der Waals surface area contributed by atoms with Crippen molar-refractivity contribution < 1.29 is 9.53 Å². The number of aromatic nitrogens is 4. The number of ether oxygens (including phenoxy) is 1. The Hall–Kier alpha value is -3.46. The fourth-order valence-corrected chi connectivity index (χ4v) is 5.60. The van der Waals surface area contributed by atoms with E-state index >= 15 is 0 Å². The Morgan fingerprint density at radius 3 is 2.58 bits per heavy atom. The standard InChI is InChI=1S/C27H31N5O3S/c1-16-6-7-19(17(2)12-16)21-15-36-25(29-21)20-14-28-32-22(13-23(33)30-24(20)32)18-8-10-31(11-9-18)26(34)35-27(3,4)5/h6-7,12-15,18H,8-11H2,1-5H3,(H,30,33). The number of aryl methyl sites for hydroxylation is 2. The number of carbonyl (C=O) groups is 1. The molecule has 8 nitrogen and oxygen atoms in total. The van der Waals surface area contributed by atoms with Gasteiger partial charge in [0.05, 0.1) is 23.1 Å². The van der Waals surface area contributed by atoms with Gasteiger partial charge in [-0.05, 0) is 53.0 Å². The molecule has 1 aliphatic heterocycles. The predicted molar refractivity (Wildman–Crippen MR) is 142 cm³/mol. The Kier molecular flexibility index (Phi) is 6.20. The van der Waals surface area contributed by atoms with E-state index in [1.54, 1.807) is 28.5 Å². The van der Waals surface area contributed by atoms with Crippen LogP contribution in [0.25, 0.3) is 27.5 Å². The maximum absolute atomic E-state index is 12.7. The number of fused-ring (bicyclic) bond motifs is 1. The molecule has 1 N–H and O–H groups in total. The fraction of sp³-hybridized carbons (Fsp3) is 0.407. The van der Waals surface area contributed by atoms with Crippen LogP contribution < -0.4 is 5.56 Å². The second-order valence-electron chi connectivity index (χ2n) is 10.5. The summed E-state index contributed by atoms with van der Waals surface area (Å²) in [6.45, 7) is 10.9. The lowest BCUT2D eigenvalue weighted by atomic mass is 9.93. The van der Waals surface area contributed by atoms with Gasteiger partial charge in [-0.25, -0.2) is 14.3 Å². The van der Waals surface area contributed by atoms with E-state index in [1.807, 2.05) is 30.7 Å². The minimum Gasteiger partial charge on any atom is -0.444 e. The van der Waals surface area contributed by atoms with Crippen molar-refractivity contribution in [1.82, 2.24) is 24.5 Å². The van der Waals surface area contributed by atoms with E-state index in [9.17, 15) is 9.59 Å². The molecule has 1 fully saturated rings. The second kappa shape index (κ2) is 9.20. The van der Waals surface area contributed by atoms with E-state index in [2.05, 4.69) is 42.1 Å². The van der Waals surface area contributed by atoms with E-state index in [0.29, 0.717) is 18.7 Å². The van der Waals surface area contributed by atoms with Gasteiger partial charge in [-0.2, -0.15) is 5.10 Å². The highest BCUT2D eigenvalue weighted by atomic mass is 32.1. The van der Waals surface area contributed by atoms with Crippen LogP contribution in [0.3, 0.4) is 0 Å². The molecule has 0 bridgehead atoms. The van der Waals surface area contributed by atoms with Crippen molar-refractivity contribution in [1.29, 1.82) is 0 Å². The van der Waals surface area contributed by atoms with Crippen LogP contribution in [0.1, 0.15) is 56.4 Å². The number of H-pyrrole nitrogens is 1. The first kappa shape index (κ1) is 24.2. The Labute approximate surface area is 214 Å². The molecule has 4 aromatic rings. The predicted octanol–water partition coefficient (Wildman–Crippen LogP) is 5.54. The van der Waals surface area contributed by atoms with Crippen molar-refractivity contribution >= 4 is 23.1 Å². The summed E-state index contributed by atoms with van der Waals surface area (Å²) in [5.74, 6) is 0.114. The molecule has 5 rings (SSSR count). The molecular weight excluding hydrogens is 474 g/mol. The van der Waals surface area contributed by atoms with E-state index in [0.717, 1.165) is 40.4 Å². The maximum atomic E-state index is 12.7. The number of nitrogens with one attached hydrogen (secondary N) is 1. The molecule has 0 spiro atoms. The van der Waals surface area contributed by atoms with Gasteiger partial charge in [0.1, 0.15) is 16.3 Å². The molecule has 0 radical (unpaired) electrons. The van der Waals surface area contributed by atoms with E-state index in [-0.39, 0.29) is 17.6 Å². The number of carbonyl (C=O) groups excluding carboxylic acids is 1. The molecule has 0 saturated carbocycles. The lowest BCUT2D eigenvalue weighted by Gasteiger charge is -2.33. The number of aromatic amines is 1. The van der Waals surface area contributed by atoms with Gasteiger partial charge in [0.25, 0.3) is 5.56 Å². The first-order chi connectivity index (χ1) is 17.1. The summed E-state index contributed by atoms with van der Waals surface area (Å²) in [6.07, 6.45) is 2.96. The molecule has 36 heavy (non-hydrogen) atoms. The van der Waals surface area contributed by atoms with Gasteiger partial charge in [-0.15, -0.1) is 11.3 Å². The topological polar surface area (TPSA) is 92.6 Å². The van der Waals surface area contributed by atoms with Gasteiger partial charge in [0.15, 0.2) is 0 Å². The third kappa shape index (κ3) is 4.80. The molecule has 188 valence electrons. The molecule has 1 saturated heterocycles. The van der Waals surface area contributed by atoms with Gasteiger partial charge < -0.3 is 14.6 Å². The van der Waals surface area contributed by atoms with E-state index in [4.69, 9.17) is 9.72 Å². The summed E-state index contributed by atoms with van der Waals surface area (Å²) in [5, 5.41) is 7.49. The van der Waals surface area contributed by atoms with Crippen LogP contribution in [-0.2, 0) is 4.74 Å². The minimum atomic E-state index is -0.522. The Balaban J connectivity index is 1.41. The average molecular weight is 506 g/mol.